The minimum absolute atomic E-state index is 0.161. The number of anilines is 1. The number of nitrogens with zero attached hydrogens (tertiary/aromatic N) is 4. The number of hydrogen-bond acceptors (Lipinski definition) is 4. The molecule has 37 heavy (non-hydrogen) atoms. The van der Waals surface area contributed by atoms with E-state index in [0.717, 1.165) is 61.0 Å². The van der Waals surface area contributed by atoms with Crippen LogP contribution < -0.4 is 10.6 Å². The van der Waals surface area contributed by atoms with Crippen molar-refractivity contribution in [2.24, 2.45) is 7.05 Å². The molecule has 5 rings (SSSR count). The molecule has 1 fully saturated rings. The maximum absolute atomic E-state index is 13.2. The molecule has 2 N–H and O–H groups in total. The van der Waals surface area contributed by atoms with Crippen LogP contribution in [0.3, 0.4) is 0 Å². The van der Waals surface area contributed by atoms with Gasteiger partial charge in [-0.3, -0.25) is 24.2 Å². The molecule has 1 saturated carbocycles. The van der Waals surface area contributed by atoms with Gasteiger partial charge in [0.15, 0.2) is 0 Å². The minimum atomic E-state index is -0.221. The van der Waals surface area contributed by atoms with E-state index >= 15 is 0 Å². The predicted octanol–water partition coefficient (Wildman–Crippen LogP) is 4.91. The van der Waals surface area contributed by atoms with Gasteiger partial charge in [0, 0.05) is 48.7 Å². The van der Waals surface area contributed by atoms with Gasteiger partial charge < -0.3 is 5.32 Å². The number of carbonyl (C=O) groups is 2. The van der Waals surface area contributed by atoms with E-state index in [-0.39, 0.29) is 11.8 Å². The molecule has 8 heteroatoms. The first-order valence-electron chi connectivity index (χ1n) is 12.9. The summed E-state index contributed by atoms with van der Waals surface area (Å²) >= 11 is 0. The standard InChI is InChI=1S/C29H32N6O2/c1-34-19-23(18-30-34)21-9-8-10-22(17-21)28(37)33-29-32-25(20-35(29)26-12-5-3-6-13-26)11-4-2-7-14-27(36)31-24-15-16-24/h3,5-6,8-10,12-13,17-20,24H,2,4,7,11,14-16H2,1H3,(H,31,36)(H,32,33,37). The quantitative estimate of drug-likeness (QED) is 0.289. The van der Waals surface area contributed by atoms with Crippen LogP contribution in [0.4, 0.5) is 5.95 Å². The van der Waals surface area contributed by atoms with Gasteiger partial charge >= 0.3 is 0 Å². The van der Waals surface area contributed by atoms with Crippen molar-refractivity contribution in [1.29, 1.82) is 0 Å². The van der Waals surface area contributed by atoms with Gasteiger partial charge in [-0.2, -0.15) is 5.10 Å². The molecule has 0 spiro atoms. The second-order valence-corrected chi connectivity index (χ2v) is 9.60. The first-order chi connectivity index (χ1) is 18.0. The van der Waals surface area contributed by atoms with Gasteiger partial charge in [-0.15, -0.1) is 0 Å². The molecule has 0 bridgehead atoms. The van der Waals surface area contributed by atoms with E-state index in [9.17, 15) is 9.59 Å². The average molecular weight is 497 g/mol. The number of imidazole rings is 1. The SMILES string of the molecule is Cn1cc(-c2cccc(C(=O)Nc3nc(CCCCCC(=O)NC4CC4)cn3-c3ccccc3)c2)cn1. The molecule has 1 aliphatic rings. The number of rotatable bonds is 11. The summed E-state index contributed by atoms with van der Waals surface area (Å²) in [5, 5.41) is 10.3. The molecule has 0 saturated heterocycles. The Bertz CT molecular complexity index is 1370. The molecule has 0 radical (unpaired) electrons. The zero-order chi connectivity index (χ0) is 25.6. The Kier molecular flexibility index (Phi) is 7.44. The van der Waals surface area contributed by atoms with Crippen molar-refractivity contribution in [2.45, 2.75) is 51.0 Å². The molecular formula is C29H32N6O2. The first-order valence-corrected chi connectivity index (χ1v) is 12.9. The van der Waals surface area contributed by atoms with Crippen LogP contribution in [0.1, 0.15) is 54.6 Å². The summed E-state index contributed by atoms with van der Waals surface area (Å²) in [6.07, 6.45) is 12.0. The van der Waals surface area contributed by atoms with Gasteiger partial charge in [0.05, 0.1) is 11.9 Å². The zero-order valence-electron chi connectivity index (χ0n) is 21.1. The minimum Gasteiger partial charge on any atom is -0.353 e. The van der Waals surface area contributed by atoms with Crippen LogP contribution >= 0.6 is 0 Å². The Morgan fingerprint density at radius 3 is 2.57 bits per heavy atom. The van der Waals surface area contributed by atoms with Crippen LogP contribution in [0.2, 0.25) is 0 Å². The molecule has 8 nitrogen and oxygen atoms in total. The predicted molar refractivity (Wildman–Crippen MR) is 143 cm³/mol. The number of para-hydroxylation sites is 1. The molecule has 0 atom stereocenters. The Labute approximate surface area is 216 Å². The Morgan fingerprint density at radius 1 is 0.973 bits per heavy atom. The van der Waals surface area contributed by atoms with Gasteiger partial charge in [0.1, 0.15) is 0 Å². The number of aromatic nitrogens is 4. The molecule has 4 aromatic rings. The topological polar surface area (TPSA) is 93.8 Å². The van der Waals surface area contributed by atoms with Crippen LogP contribution in [0.25, 0.3) is 16.8 Å². The monoisotopic (exact) mass is 496 g/mol. The highest BCUT2D eigenvalue weighted by Crippen LogP contribution is 2.22. The third kappa shape index (κ3) is 6.52. The first kappa shape index (κ1) is 24.5. The van der Waals surface area contributed by atoms with Crippen LogP contribution in [-0.4, -0.2) is 37.2 Å². The lowest BCUT2D eigenvalue weighted by Gasteiger charge is -2.09. The van der Waals surface area contributed by atoms with E-state index in [4.69, 9.17) is 4.98 Å². The van der Waals surface area contributed by atoms with Gasteiger partial charge in [0.2, 0.25) is 11.9 Å². The number of nitrogens with one attached hydrogen (secondary N) is 2. The normalized spacial score (nSPS) is 12.9. The molecule has 190 valence electrons. The van der Waals surface area contributed by atoms with E-state index in [1.165, 1.54) is 0 Å². The van der Waals surface area contributed by atoms with Gasteiger partial charge in [-0.25, -0.2) is 4.98 Å². The summed E-state index contributed by atoms with van der Waals surface area (Å²) in [7, 11) is 1.87. The fourth-order valence-corrected chi connectivity index (χ4v) is 4.30. The summed E-state index contributed by atoms with van der Waals surface area (Å²) < 4.78 is 3.66. The lowest BCUT2D eigenvalue weighted by atomic mass is 10.1. The van der Waals surface area contributed by atoms with Crippen molar-refractivity contribution < 1.29 is 9.59 Å². The van der Waals surface area contributed by atoms with Gasteiger partial charge in [-0.1, -0.05) is 36.8 Å². The van der Waals surface area contributed by atoms with Crippen molar-refractivity contribution in [2.75, 3.05) is 5.32 Å². The third-order valence-electron chi connectivity index (χ3n) is 6.46. The van der Waals surface area contributed by atoms with Crippen molar-refractivity contribution in [1.82, 2.24) is 24.6 Å². The molecule has 2 heterocycles. The Hall–Kier alpha value is -4.20. The summed E-state index contributed by atoms with van der Waals surface area (Å²) in [6, 6.07) is 17.8. The highest BCUT2D eigenvalue weighted by atomic mass is 16.2. The number of benzene rings is 2. The largest absolute Gasteiger partial charge is 0.353 e. The van der Waals surface area contributed by atoms with E-state index < -0.39 is 0 Å². The maximum atomic E-state index is 13.2. The van der Waals surface area contributed by atoms with Gasteiger partial charge in [0.25, 0.3) is 5.91 Å². The summed E-state index contributed by atoms with van der Waals surface area (Å²) in [6.45, 7) is 0. The number of amides is 2. The fourth-order valence-electron chi connectivity index (χ4n) is 4.30. The number of carbonyl (C=O) groups excluding carboxylic acids is 2. The zero-order valence-corrected chi connectivity index (χ0v) is 21.1. The van der Waals surface area contributed by atoms with Gasteiger partial charge in [-0.05, 0) is 61.9 Å². The number of hydrogen-bond donors (Lipinski definition) is 2. The highest BCUT2D eigenvalue weighted by Gasteiger charge is 2.22. The number of aryl methyl sites for hydroxylation is 2. The molecule has 2 aromatic heterocycles. The molecule has 1 aliphatic carbocycles. The van der Waals surface area contributed by atoms with E-state index in [1.54, 1.807) is 16.9 Å². The second kappa shape index (κ2) is 11.2. The summed E-state index contributed by atoms with van der Waals surface area (Å²) in [5.41, 5.74) is 4.27. The van der Waals surface area contributed by atoms with E-state index in [2.05, 4.69) is 15.7 Å². The second-order valence-electron chi connectivity index (χ2n) is 9.60. The molecular weight excluding hydrogens is 464 g/mol. The average Bonchev–Trinajstić information content (AvgIpc) is 3.46. The van der Waals surface area contributed by atoms with Crippen molar-refractivity contribution in [3.63, 3.8) is 0 Å². The lowest BCUT2D eigenvalue weighted by molar-refractivity contribution is -0.121. The van der Waals surface area contributed by atoms with Crippen molar-refractivity contribution >= 4 is 17.8 Å². The van der Waals surface area contributed by atoms with E-state index in [0.29, 0.717) is 24.0 Å². The maximum Gasteiger partial charge on any atom is 0.258 e. The molecule has 2 amide bonds. The van der Waals surface area contributed by atoms with Crippen LogP contribution in [-0.2, 0) is 18.3 Å². The van der Waals surface area contributed by atoms with Crippen molar-refractivity contribution in [3.8, 4) is 16.8 Å². The summed E-state index contributed by atoms with van der Waals surface area (Å²) in [5.74, 6) is 0.428. The molecule has 2 aromatic carbocycles. The Balaban J connectivity index is 1.25. The Morgan fingerprint density at radius 2 is 1.81 bits per heavy atom. The van der Waals surface area contributed by atoms with Crippen LogP contribution in [0, 0.1) is 0 Å². The molecule has 0 aliphatic heterocycles. The lowest BCUT2D eigenvalue weighted by Crippen LogP contribution is -2.24. The number of unbranched alkanes of at least 4 members (excludes halogenated alkanes) is 2. The van der Waals surface area contributed by atoms with Crippen LogP contribution in [0.15, 0.2) is 73.2 Å². The highest BCUT2D eigenvalue weighted by molar-refractivity contribution is 6.04. The molecule has 0 unspecified atom stereocenters. The van der Waals surface area contributed by atoms with Crippen molar-refractivity contribution in [3.05, 3.63) is 84.4 Å². The fraction of sp³-hybridized carbons (Fsp3) is 0.310. The third-order valence-corrected chi connectivity index (χ3v) is 6.46. The van der Waals surface area contributed by atoms with Crippen LogP contribution in [0.5, 0.6) is 0 Å². The smallest absolute Gasteiger partial charge is 0.258 e. The summed E-state index contributed by atoms with van der Waals surface area (Å²) in [4.78, 5) is 29.9. The van der Waals surface area contributed by atoms with E-state index in [1.807, 2.05) is 72.5 Å².